The summed E-state index contributed by atoms with van der Waals surface area (Å²) < 4.78 is 8.00. The zero-order chi connectivity index (χ0) is 14.6. The van der Waals surface area contributed by atoms with E-state index in [4.69, 9.17) is 4.42 Å². The van der Waals surface area contributed by atoms with E-state index in [1.54, 1.807) is 10.6 Å². The van der Waals surface area contributed by atoms with Gasteiger partial charge in [0.1, 0.15) is 11.4 Å². The summed E-state index contributed by atoms with van der Waals surface area (Å²) in [5.41, 5.74) is 1.37. The highest BCUT2D eigenvalue weighted by Crippen LogP contribution is 2.26. The van der Waals surface area contributed by atoms with Gasteiger partial charge in [0.15, 0.2) is 0 Å². The highest BCUT2D eigenvalue weighted by atomic mass is 79.9. The number of rotatable bonds is 1. The monoisotopic (exact) mass is 361 g/mol. The van der Waals surface area contributed by atoms with Crippen molar-refractivity contribution >= 4 is 43.2 Å². The van der Waals surface area contributed by atoms with Crippen LogP contribution in [-0.4, -0.2) is 14.6 Å². The molecule has 3 aromatic heterocycles. The van der Waals surface area contributed by atoms with E-state index in [9.17, 15) is 4.79 Å². The summed E-state index contributed by atoms with van der Waals surface area (Å²) in [6.07, 6.45) is 0. The minimum absolute atomic E-state index is 0.377. The summed E-state index contributed by atoms with van der Waals surface area (Å²) >= 11 is 4.87. The molecule has 4 aromatic rings. The molecule has 0 aliphatic heterocycles. The van der Waals surface area contributed by atoms with Gasteiger partial charge in [-0.25, -0.2) is 14.3 Å². The molecule has 0 unspecified atom stereocenters. The second kappa shape index (κ2) is 4.51. The molecular formula is C14H8BrN3O2S. The van der Waals surface area contributed by atoms with Gasteiger partial charge in [-0.3, -0.25) is 0 Å². The van der Waals surface area contributed by atoms with Gasteiger partial charge in [0.05, 0.1) is 11.3 Å². The van der Waals surface area contributed by atoms with E-state index in [1.165, 1.54) is 11.3 Å². The summed E-state index contributed by atoms with van der Waals surface area (Å²) in [5.74, 6) is 0.677. The van der Waals surface area contributed by atoms with E-state index in [2.05, 4.69) is 26.0 Å². The lowest BCUT2D eigenvalue weighted by molar-refractivity contribution is 0.563. The average Bonchev–Trinajstić information content (AvgIpc) is 2.97. The van der Waals surface area contributed by atoms with Gasteiger partial charge in [0, 0.05) is 15.2 Å². The maximum atomic E-state index is 12.2. The first-order valence-corrected chi connectivity index (χ1v) is 7.84. The van der Waals surface area contributed by atoms with Crippen LogP contribution in [0.4, 0.5) is 0 Å². The molecule has 0 saturated heterocycles. The number of hydrogen-bond acceptors (Lipinski definition) is 5. The lowest BCUT2D eigenvalue weighted by Crippen LogP contribution is -2.04. The Bertz CT molecular complexity index is 1050. The molecular weight excluding hydrogens is 354 g/mol. The Balaban J connectivity index is 2.05. The van der Waals surface area contributed by atoms with Crippen LogP contribution in [0.3, 0.4) is 0 Å². The molecule has 0 aliphatic rings. The number of hydrogen-bond donors (Lipinski definition) is 0. The Kier molecular flexibility index (Phi) is 2.73. The molecule has 0 atom stereocenters. The first-order chi connectivity index (χ1) is 10.1. The quantitative estimate of drug-likeness (QED) is 0.485. The normalized spacial score (nSPS) is 11.5. The van der Waals surface area contributed by atoms with Crippen LogP contribution in [0.2, 0.25) is 0 Å². The van der Waals surface area contributed by atoms with Crippen LogP contribution < -0.4 is 5.63 Å². The molecule has 0 N–H and O–H groups in total. The standard InChI is InChI=1S/C14H8BrN3O2S/c1-7-16-14-18(17-7)11(6-21-14)10-5-8-4-9(15)2-3-12(8)20-13(10)19/h2-6H,1H3. The van der Waals surface area contributed by atoms with Crippen molar-refractivity contribution in [2.75, 3.05) is 0 Å². The molecule has 0 amide bonds. The molecule has 7 heteroatoms. The molecule has 104 valence electrons. The van der Waals surface area contributed by atoms with Crippen LogP contribution in [-0.2, 0) is 0 Å². The van der Waals surface area contributed by atoms with Crippen molar-refractivity contribution in [3.05, 3.63) is 50.4 Å². The minimum atomic E-state index is -0.377. The van der Waals surface area contributed by atoms with Gasteiger partial charge < -0.3 is 4.42 Å². The van der Waals surface area contributed by atoms with Crippen LogP contribution in [0.15, 0.2) is 43.3 Å². The third-order valence-corrected chi connectivity index (χ3v) is 4.47. The van der Waals surface area contributed by atoms with Crippen LogP contribution in [0, 0.1) is 6.92 Å². The van der Waals surface area contributed by atoms with E-state index in [0.29, 0.717) is 22.7 Å². The lowest BCUT2D eigenvalue weighted by Gasteiger charge is -2.01. The zero-order valence-corrected chi connectivity index (χ0v) is 13.2. The maximum Gasteiger partial charge on any atom is 0.345 e. The SMILES string of the molecule is Cc1nc2scc(-c3cc4cc(Br)ccc4oc3=O)n2n1. The number of benzene rings is 1. The first-order valence-electron chi connectivity index (χ1n) is 6.16. The number of aryl methyl sites for hydroxylation is 1. The highest BCUT2D eigenvalue weighted by molar-refractivity contribution is 9.10. The second-order valence-corrected chi connectivity index (χ2v) is 6.36. The fraction of sp³-hybridized carbons (Fsp3) is 0.0714. The molecule has 1 aromatic carbocycles. The van der Waals surface area contributed by atoms with E-state index >= 15 is 0 Å². The van der Waals surface area contributed by atoms with Gasteiger partial charge in [-0.15, -0.1) is 11.3 Å². The molecule has 0 aliphatic carbocycles. The topological polar surface area (TPSA) is 60.4 Å². The zero-order valence-electron chi connectivity index (χ0n) is 10.8. The van der Waals surface area contributed by atoms with Crippen molar-refractivity contribution in [2.45, 2.75) is 6.92 Å². The van der Waals surface area contributed by atoms with E-state index in [-0.39, 0.29) is 5.63 Å². The Morgan fingerprint density at radius 2 is 2.19 bits per heavy atom. The van der Waals surface area contributed by atoms with Crippen LogP contribution >= 0.6 is 27.3 Å². The fourth-order valence-electron chi connectivity index (χ4n) is 2.24. The number of thiazole rings is 1. The van der Waals surface area contributed by atoms with Crippen molar-refractivity contribution < 1.29 is 4.42 Å². The van der Waals surface area contributed by atoms with Crippen molar-refractivity contribution in [2.24, 2.45) is 0 Å². The molecule has 0 fully saturated rings. The molecule has 21 heavy (non-hydrogen) atoms. The van der Waals surface area contributed by atoms with Gasteiger partial charge >= 0.3 is 5.63 Å². The predicted molar refractivity (Wildman–Crippen MR) is 84.8 cm³/mol. The highest BCUT2D eigenvalue weighted by Gasteiger charge is 2.15. The van der Waals surface area contributed by atoms with Crippen molar-refractivity contribution in [3.63, 3.8) is 0 Å². The largest absolute Gasteiger partial charge is 0.422 e. The predicted octanol–water partition coefficient (Wildman–Crippen LogP) is 3.64. The summed E-state index contributed by atoms with van der Waals surface area (Å²) in [5, 5.41) is 7.04. The second-order valence-electron chi connectivity index (χ2n) is 4.60. The van der Waals surface area contributed by atoms with Gasteiger partial charge in [0.25, 0.3) is 0 Å². The van der Waals surface area contributed by atoms with Crippen molar-refractivity contribution in [3.8, 4) is 11.3 Å². The molecule has 3 heterocycles. The van der Waals surface area contributed by atoms with Gasteiger partial charge in [-0.05, 0) is 31.2 Å². The maximum absolute atomic E-state index is 12.2. The third kappa shape index (κ3) is 2.00. The van der Waals surface area contributed by atoms with Crippen LogP contribution in [0.25, 0.3) is 27.2 Å². The summed E-state index contributed by atoms with van der Waals surface area (Å²) in [6, 6.07) is 7.35. The molecule has 0 saturated carbocycles. The van der Waals surface area contributed by atoms with Crippen LogP contribution in [0.5, 0.6) is 0 Å². The average molecular weight is 362 g/mol. The summed E-state index contributed by atoms with van der Waals surface area (Å²) in [7, 11) is 0. The fourth-order valence-corrected chi connectivity index (χ4v) is 3.48. The Morgan fingerprint density at radius 1 is 1.33 bits per heavy atom. The van der Waals surface area contributed by atoms with E-state index in [0.717, 1.165) is 14.8 Å². The minimum Gasteiger partial charge on any atom is -0.422 e. The number of aromatic nitrogens is 3. The van der Waals surface area contributed by atoms with Gasteiger partial charge in [0.2, 0.25) is 4.96 Å². The van der Waals surface area contributed by atoms with E-state index < -0.39 is 0 Å². The smallest absolute Gasteiger partial charge is 0.345 e. The van der Waals surface area contributed by atoms with Gasteiger partial charge in [-0.1, -0.05) is 15.9 Å². The molecule has 0 spiro atoms. The third-order valence-electron chi connectivity index (χ3n) is 3.16. The Morgan fingerprint density at radius 3 is 3.05 bits per heavy atom. The number of nitrogens with zero attached hydrogens (tertiary/aromatic N) is 3. The van der Waals surface area contributed by atoms with E-state index in [1.807, 2.05) is 30.5 Å². The number of halogens is 1. The van der Waals surface area contributed by atoms with Crippen molar-refractivity contribution in [1.82, 2.24) is 14.6 Å². The molecule has 4 rings (SSSR count). The van der Waals surface area contributed by atoms with Gasteiger partial charge in [-0.2, -0.15) is 5.10 Å². The van der Waals surface area contributed by atoms with Crippen LogP contribution in [0.1, 0.15) is 5.82 Å². The lowest BCUT2D eigenvalue weighted by atomic mass is 10.1. The molecule has 0 bridgehead atoms. The summed E-state index contributed by atoms with van der Waals surface area (Å²) in [4.78, 5) is 17.3. The first kappa shape index (κ1) is 12.7. The Hall–Kier alpha value is -1.99. The van der Waals surface area contributed by atoms with Crippen molar-refractivity contribution in [1.29, 1.82) is 0 Å². The molecule has 5 nitrogen and oxygen atoms in total. The molecule has 0 radical (unpaired) electrons. The summed E-state index contributed by atoms with van der Waals surface area (Å²) in [6.45, 7) is 1.82. The number of fused-ring (bicyclic) bond motifs is 2. The Labute approximate surface area is 131 Å².